The van der Waals surface area contributed by atoms with Crippen LogP contribution in [-0.2, 0) is 4.79 Å². The van der Waals surface area contributed by atoms with E-state index in [1.54, 1.807) is 7.11 Å². The summed E-state index contributed by atoms with van der Waals surface area (Å²) in [6.45, 7) is 0.581. The van der Waals surface area contributed by atoms with Crippen LogP contribution in [0.3, 0.4) is 0 Å². The van der Waals surface area contributed by atoms with E-state index in [2.05, 4.69) is 0 Å². The van der Waals surface area contributed by atoms with E-state index in [-0.39, 0.29) is 12.3 Å². The van der Waals surface area contributed by atoms with Gasteiger partial charge in [0, 0.05) is 11.5 Å². The Labute approximate surface area is 93.8 Å². The molecule has 0 aliphatic carbocycles. The Morgan fingerprint density at radius 1 is 1.62 bits per heavy atom. The van der Waals surface area contributed by atoms with Crippen molar-refractivity contribution in [2.45, 2.75) is 18.8 Å². The molecule has 0 saturated heterocycles. The summed E-state index contributed by atoms with van der Waals surface area (Å²) < 4.78 is 10.6. The average Bonchev–Trinajstić information content (AvgIpc) is 2.28. The second-order valence-corrected chi connectivity index (χ2v) is 3.84. The molecule has 1 N–H and O–H groups in total. The minimum atomic E-state index is -0.777. The van der Waals surface area contributed by atoms with Gasteiger partial charge in [-0.25, -0.2) is 0 Å². The summed E-state index contributed by atoms with van der Waals surface area (Å²) in [4.78, 5) is 10.8. The highest BCUT2D eigenvalue weighted by molar-refractivity contribution is 5.68. The Hall–Kier alpha value is -1.71. The number of hydrogen-bond acceptors (Lipinski definition) is 3. The smallest absolute Gasteiger partial charge is 0.303 e. The first kappa shape index (κ1) is 10.8. The van der Waals surface area contributed by atoms with Crippen LogP contribution in [0.15, 0.2) is 18.2 Å². The lowest BCUT2D eigenvalue weighted by Gasteiger charge is -2.25. The Kier molecular flexibility index (Phi) is 2.99. The number of hydrogen-bond donors (Lipinski definition) is 1. The number of carbonyl (C=O) groups is 1. The molecule has 4 nitrogen and oxygen atoms in total. The monoisotopic (exact) mass is 222 g/mol. The van der Waals surface area contributed by atoms with Crippen molar-refractivity contribution in [1.29, 1.82) is 0 Å². The third-order valence-electron chi connectivity index (χ3n) is 2.80. The molecule has 1 atom stereocenters. The molecule has 86 valence electrons. The van der Waals surface area contributed by atoms with Gasteiger partial charge in [-0.2, -0.15) is 0 Å². The van der Waals surface area contributed by atoms with Crippen molar-refractivity contribution in [1.82, 2.24) is 0 Å². The lowest BCUT2D eigenvalue weighted by atomic mass is 9.90. The Morgan fingerprint density at radius 2 is 2.44 bits per heavy atom. The lowest BCUT2D eigenvalue weighted by Crippen LogP contribution is -2.17. The second-order valence-electron chi connectivity index (χ2n) is 3.84. The normalized spacial score (nSPS) is 18.4. The van der Waals surface area contributed by atoms with Gasteiger partial charge in [-0.15, -0.1) is 0 Å². The molecule has 0 bridgehead atoms. The number of ether oxygens (including phenoxy) is 2. The largest absolute Gasteiger partial charge is 0.497 e. The van der Waals surface area contributed by atoms with Crippen molar-refractivity contribution in [2.75, 3.05) is 13.7 Å². The number of carboxylic acid groups (broad SMARTS) is 1. The zero-order valence-electron chi connectivity index (χ0n) is 9.10. The predicted octanol–water partition coefficient (Wildman–Crippen LogP) is 2.04. The summed E-state index contributed by atoms with van der Waals surface area (Å²) in [5.41, 5.74) is 0.938. The highest BCUT2D eigenvalue weighted by Crippen LogP contribution is 2.37. The van der Waals surface area contributed by atoms with Crippen molar-refractivity contribution in [3.63, 3.8) is 0 Å². The van der Waals surface area contributed by atoms with Gasteiger partial charge in [-0.05, 0) is 24.6 Å². The number of aliphatic carboxylic acids is 1. The number of rotatable bonds is 3. The quantitative estimate of drug-likeness (QED) is 0.850. The number of methoxy groups -OCH3 is 1. The summed E-state index contributed by atoms with van der Waals surface area (Å²) in [6, 6.07) is 5.52. The van der Waals surface area contributed by atoms with E-state index >= 15 is 0 Å². The van der Waals surface area contributed by atoms with Crippen molar-refractivity contribution in [3.05, 3.63) is 23.8 Å². The zero-order chi connectivity index (χ0) is 11.5. The molecule has 0 saturated carbocycles. The Morgan fingerprint density at radius 3 is 3.12 bits per heavy atom. The molecular weight excluding hydrogens is 208 g/mol. The highest BCUT2D eigenvalue weighted by atomic mass is 16.5. The van der Waals surface area contributed by atoms with E-state index in [1.165, 1.54) is 0 Å². The van der Waals surface area contributed by atoms with Gasteiger partial charge >= 0.3 is 5.97 Å². The third-order valence-corrected chi connectivity index (χ3v) is 2.80. The molecular formula is C12H14O4. The fourth-order valence-electron chi connectivity index (χ4n) is 1.99. The van der Waals surface area contributed by atoms with Gasteiger partial charge < -0.3 is 14.6 Å². The lowest BCUT2D eigenvalue weighted by molar-refractivity contribution is -0.137. The van der Waals surface area contributed by atoms with E-state index in [9.17, 15) is 4.79 Å². The topological polar surface area (TPSA) is 55.8 Å². The molecule has 0 radical (unpaired) electrons. The molecule has 4 heteroatoms. The van der Waals surface area contributed by atoms with Crippen LogP contribution in [0.2, 0.25) is 0 Å². The van der Waals surface area contributed by atoms with E-state index in [4.69, 9.17) is 14.6 Å². The third kappa shape index (κ3) is 2.10. The van der Waals surface area contributed by atoms with Gasteiger partial charge in [0.05, 0.1) is 20.1 Å². The van der Waals surface area contributed by atoms with Crippen LogP contribution in [0.1, 0.15) is 24.3 Å². The summed E-state index contributed by atoms with van der Waals surface area (Å²) in [7, 11) is 1.59. The molecule has 0 amide bonds. The van der Waals surface area contributed by atoms with Crippen LogP contribution >= 0.6 is 0 Å². The van der Waals surface area contributed by atoms with Crippen LogP contribution < -0.4 is 9.47 Å². The molecule has 0 aromatic heterocycles. The predicted molar refractivity (Wildman–Crippen MR) is 58.1 cm³/mol. The van der Waals surface area contributed by atoms with Gasteiger partial charge in [0.1, 0.15) is 11.5 Å². The molecule has 1 aromatic rings. The van der Waals surface area contributed by atoms with Crippen LogP contribution in [-0.4, -0.2) is 24.8 Å². The molecule has 1 aliphatic rings. The molecule has 16 heavy (non-hydrogen) atoms. The Bertz CT molecular complexity index is 400. The van der Waals surface area contributed by atoms with Crippen LogP contribution in [0, 0.1) is 0 Å². The molecule has 0 fully saturated rings. The SMILES string of the molecule is COc1ccc2c(c1)C(CC(=O)O)CCO2. The van der Waals surface area contributed by atoms with Crippen LogP contribution in [0.5, 0.6) is 11.5 Å². The van der Waals surface area contributed by atoms with E-state index in [1.807, 2.05) is 18.2 Å². The summed E-state index contributed by atoms with van der Waals surface area (Å²) in [6.07, 6.45) is 0.885. The van der Waals surface area contributed by atoms with Crippen LogP contribution in [0.25, 0.3) is 0 Å². The summed E-state index contributed by atoms with van der Waals surface area (Å²) >= 11 is 0. The van der Waals surface area contributed by atoms with E-state index < -0.39 is 5.97 Å². The fraction of sp³-hybridized carbons (Fsp3) is 0.417. The standard InChI is InChI=1S/C12H14O4/c1-15-9-2-3-11-10(7-9)8(4-5-16-11)6-12(13)14/h2-3,7-8H,4-6H2,1H3,(H,13,14). The van der Waals surface area contributed by atoms with Gasteiger partial charge in [0.25, 0.3) is 0 Å². The van der Waals surface area contributed by atoms with Gasteiger partial charge in [-0.1, -0.05) is 0 Å². The van der Waals surface area contributed by atoms with Crippen molar-refractivity contribution in [3.8, 4) is 11.5 Å². The van der Waals surface area contributed by atoms with E-state index in [0.717, 1.165) is 23.5 Å². The van der Waals surface area contributed by atoms with Gasteiger partial charge in [0.2, 0.25) is 0 Å². The maximum atomic E-state index is 10.8. The highest BCUT2D eigenvalue weighted by Gasteiger charge is 2.24. The van der Waals surface area contributed by atoms with Crippen LogP contribution in [0.4, 0.5) is 0 Å². The van der Waals surface area contributed by atoms with Crippen molar-refractivity contribution < 1.29 is 19.4 Å². The van der Waals surface area contributed by atoms with Gasteiger partial charge in [0.15, 0.2) is 0 Å². The average molecular weight is 222 g/mol. The molecule has 2 rings (SSSR count). The first-order valence-electron chi connectivity index (χ1n) is 5.23. The maximum Gasteiger partial charge on any atom is 0.303 e. The second kappa shape index (κ2) is 4.43. The summed E-state index contributed by atoms with van der Waals surface area (Å²) in [5, 5.41) is 8.85. The molecule has 1 aliphatic heterocycles. The van der Waals surface area contributed by atoms with Crippen molar-refractivity contribution >= 4 is 5.97 Å². The van der Waals surface area contributed by atoms with E-state index in [0.29, 0.717) is 6.61 Å². The minimum absolute atomic E-state index is 0.0244. The number of carboxylic acids is 1. The molecule has 1 aromatic carbocycles. The first-order valence-corrected chi connectivity index (χ1v) is 5.23. The minimum Gasteiger partial charge on any atom is -0.497 e. The maximum absolute atomic E-state index is 10.8. The Balaban J connectivity index is 2.31. The molecule has 0 spiro atoms. The number of fused-ring (bicyclic) bond motifs is 1. The van der Waals surface area contributed by atoms with Gasteiger partial charge in [-0.3, -0.25) is 4.79 Å². The zero-order valence-corrected chi connectivity index (χ0v) is 9.10. The number of benzene rings is 1. The fourth-order valence-corrected chi connectivity index (χ4v) is 1.99. The summed E-state index contributed by atoms with van der Waals surface area (Å²) in [5.74, 6) is 0.759. The van der Waals surface area contributed by atoms with Crippen molar-refractivity contribution in [2.24, 2.45) is 0 Å². The molecule has 1 unspecified atom stereocenters. The molecule has 1 heterocycles. The first-order chi connectivity index (χ1) is 7.70.